The van der Waals surface area contributed by atoms with Crippen LogP contribution in [0.3, 0.4) is 0 Å². The number of hydrogen-bond acceptors (Lipinski definition) is 11. The van der Waals surface area contributed by atoms with Crippen LogP contribution in [0.2, 0.25) is 0 Å². The standard InChI is InChI=1S/4CH4O3S.BH2O3.Li/c4*1-5(2,3)4;2-1(3)4;/h4*1H3,(H,2,3,4);2-3H;/q;;;;-1;+1. The van der Waals surface area contributed by atoms with Gasteiger partial charge in [-0.15, -0.1) is 0 Å². The van der Waals surface area contributed by atoms with Gasteiger partial charge in [0.05, 0.1) is 25.0 Å². The Morgan fingerprint density at radius 1 is 0.560 bits per heavy atom. The summed E-state index contributed by atoms with van der Waals surface area (Å²) in [6, 6.07) is 0. The molecule has 21 heteroatoms. The molecule has 25 heavy (non-hydrogen) atoms. The van der Waals surface area contributed by atoms with Gasteiger partial charge in [0.2, 0.25) is 0 Å². The van der Waals surface area contributed by atoms with Crippen molar-refractivity contribution in [1.29, 1.82) is 0 Å². The van der Waals surface area contributed by atoms with Gasteiger partial charge in [-0.25, -0.2) is 0 Å². The first-order chi connectivity index (χ1) is 9.73. The summed E-state index contributed by atoms with van der Waals surface area (Å²) in [6.45, 7) is 0. The minimum absolute atomic E-state index is 0. The summed E-state index contributed by atoms with van der Waals surface area (Å²) in [6.07, 6.45) is 2.86. The molecule has 0 amide bonds. The Kier molecular flexibility index (Phi) is 28.2. The number of hydrogen-bond donors (Lipinski definition) is 6. The first-order valence-corrected chi connectivity index (χ1v) is 11.8. The molecule has 0 spiro atoms. The maximum Gasteiger partial charge on any atom is 1.00 e. The maximum absolute atomic E-state index is 9.19. The largest absolute Gasteiger partial charge is 1.00 e. The monoisotopic (exact) mass is 452 g/mol. The zero-order chi connectivity index (χ0) is 21.6. The van der Waals surface area contributed by atoms with Gasteiger partial charge in [-0.1, -0.05) is 0 Å². The summed E-state index contributed by atoms with van der Waals surface area (Å²) >= 11 is 0. The zero-order valence-electron chi connectivity index (χ0n) is 13.6. The van der Waals surface area contributed by atoms with Crippen molar-refractivity contribution >= 4 is 47.8 Å². The quantitative estimate of drug-likeness (QED) is 0.147. The first-order valence-electron chi connectivity index (χ1n) is 4.45. The van der Waals surface area contributed by atoms with E-state index in [9.17, 15) is 33.7 Å². The molecule has 0 fully saturated rings. The van der Waals surface area contributed by atoms with Crippen molar-refractivity contribution in [1.82, 2.24) is 0 Å². The predicted octanol–water partition coefficient (Wildman–Crippen LogP) is -7.66. The van der Waals surface area contributed by atoms with Crippen LogP contribution in [0.25, 0.3) is 0 Å². The third-order valence-electron chi connectivity index (χ3n) is 0. The van der Waals surface area contributed by atoms with Crippen molar-refractivity contribution < 1.29 is 85.8 Å². The van der Waals surface area contributed by atoms with Crippen LogP contribution in [0.4, 0.5) is 0 Å². The van der Waals surface area contributed by atoms with E-state index in [0.29, 0.717) is 25.0 Å². The van der Waals surface area contributed by atoms with Crippen LogP contribution < -0.4 is 23.9 Å². The molecule has 0 aromatic heterocycles. The van der Waals surface area contributed by atoms with E-state index in [1.165, 1.54) is 0 Å². The van der Waals surface area contributed by atoms with E-state index >= 15 is 0 Å². The van der Waals surface area contributed by atoms with E-state index < -0.39 is 47.8 Å². The van der Waals surface area contributed by atoms with Crippen LogP contribution >= 0.6 is 0 Å². The summed E-state index contributed by atoms with van der Waals surface area (Å²) in [5.41, 5.74) is 0. The minimum atomic E-state index is -3.67. The second-order valence-corrected chi connectivity index (χ2v) is 9.12. The third-order valence-corrected chi connectivity index (χ3v) is 0. The van der Waals surface area contributed by atoms with Gasteiger partial charge < -0.3 is 15.1 Å². The summed E-state index contributed by atoms with van der Waals surface area (Å²) in [5.74, 6) is 0. The molecular formula is C4H18BLiO15S4. The topological polar surface area (TPSA) is 281 Å². The van der Waals surface area contributed by atoms with Gasteiger partial charge in [0, 0.05) is 0 Å². The molecule has 0 unspecified atom stereocenters. The fourth-order valence-corrected chi connectivity index (χ4v) is 0. The molecule has 0 saturated heterocycles. The molecule has 0 radical (unpaired) electrons. The van der Waals surface area contributed by atoms with Gasteiger partial charge >= 0.3 is 26.2 Å². The van der Waals surface area contributed by atoms with E-state index in [2.05, 4.69) is 0 Å². The van der Waals surface area contributed by atoms with E-state index in [0.717, 1.165) is 0 Å². The molecule has 0 saturated carbocycles. The molecule has 152 valence electrons. The van der Waals surface area contributed by atoms with Crippen molar-refractivity contribution in [2.24, 2.45) is 0 Å². The molecule has 0 aromatic rings. The van der Waals surface area contributed by atoms with Gasteiger partial charge in [0.15, 0.2) is 0 Å². The Bertz CT molecular complexity index is 534. The maximum atomic E-state index is 9.19. The molecular weight excluding hydrogens is 434 g/mol. The second kappa shape index (κ2) is 17.6. The van der Waals surface area contributed by atoms with Crippen LogP contribution in [0.1, 0.15) is 0 Å². The zero-order valence-corrected chi connectivity index (χ0v) is 16.8. The SMILES string of the molecule is CS(=O)(=O)O.CS(=O)(=O)O.CS(=O)(=O)O.CS(=O)(=O)O.[Li+].[O-]B(O)O. The van der Waals surface area contributed by atoms with Crippen molar-refractivity contribution in [3.05, 3.63) is 0 Å². The predicted molar refractivity (Wildman–Crippen MR) is 80.1 cm³/mol. The minimum Gasteiger partial charge on any atom is -0.832 e. The Balaban J connectivity index is -0.0000000448. The Labute approximate surface area is 158 Å². The summed E-state index contributed by atoms with van der Waals surface area (Å²) in [5, 5.41) is 22.8. The normalized spacial score (nSPS) is 10.4. The molecule has 0 aliphatic rings. The van der Waals surface area contributed by atoms with Crippen LogP contribution in [0, 0.1) is 0 Å². The van der Waals surface area contributed by atoms with Crippen molar-refractivity contribution in [3.63, 3.8) is 0 Å². The van der Waals surface area contributed by atoms with E-state index in [4.69, 9.17) is 33.3 Å². The molecule has 0 heterocycles. The molecule has 0 rings (SSSR count). The van der Waals surface area contributed by atoms with E-state index in [1.54, 1.807) is 0 Å². The van der Waals surface area contributed by atoms with Gasteiger partial charge in [-0.2, -0.15) is 33.7 Å². The van der Waals surface area contributed by atoms with Gasteiger partial charge in [0.1, 0.15) is 0 Å². The average Bonchev–Trinajstić information content (AvgIpc) is 1.82. The average molecular weight is 452 g/mol. The molecule has 0 bridgehead atoms. The molecule has 0 atom stereocenters. The molecule has 0 aliphatic heterocycles. The molecule has 6 N–H and O–H groups in total. The van der Waals surface area contributed by atoms with Crippen molar-refractivity contribution in [2.45, 2.75) is 0 Å². The fraction of sp³-hybridized carbons (Fsp3) is 1.00. The van der Waals surface area contributed by atoms with Crippen LogP contribution in [-0.4, -0.2) is 94.3 Å². The van der Waals surface area contributed by atoms with Crippen molar-refractivity contribution in [3.8, 4) is 0 Å². The third kappa shape index (κ3) is 358000. The molecule has 15 nitrogen and oxygen atoms in total. The van der Waals surface area contributed by atoms with Gasteiger partial charge in [-0.3, -0.25) is 18.2 Å². The van der Waals surface area contributed by atoms with Crippen LogP contribution in [-0.2, 0) is 40.5 Å². The molecule has 0 aromatic carbocycles. The van der Waals surface area contributed by atoms with Gasteiger partial charge in [-0.05, 0) is 0 Å². The summed E-state index contributed by atoms with van der Waals surface area (Å²) < 4.78 is 103. The van der Waals surface area contributed by atoms with Crippen molar-refractivity contribution in [2.75, 3.05) is 25.0 Å². The first kappa shape index (κ1) is 40.0. The fourth-order valence-electron chi connectivity index (χ4n) is 0. The van der Waals surface area contributed by atoms with E-state index in [1.807, 2.05) is 0 Å². The van der Waals surface area contributed by atoms with Crippen LogP contribution in [0.15, 0.2) is 0 Å². The smallest absolute Gasteiger partial charge is 0.832 e. The number of rotatable bonds is 0. The van der Waals surface area contributed by atoms with Crippen LogP contribution in [0.5, 0.6) is 0 Å². The second-order valence-electron chi connectivity index (χ2n) is 3.26. The molecule has 0 aliphatic carbocycles. The Hall–Kier alpha value is 0.182. The van der Waals surface area contributed by atoms with Gasteiger partial charge in [0.25, 0.3) is 40.5 Å². The summed E-state index contributed by atoms with van der Waals surface area (Å²) in [4.78, 5) is 0. The Morgan fingerprint density at radius 3 is 0.560 bits per heavy atom. The Morgan fingerprint density at radius 2 is 0.560 bits per heavy atom. The summed E-state index contributed by atoms with van der Waals surface area (Å²) in [7, 11) is -17.1. The van der Waals surface area contributed by atoms with E-state index in [-0.39, 0.29) is 18.9 Å².